The molecular formula is C14H24N2O3. The highest BCUT2D eigenvalue weighted by Gasteiger charge is 2.39. The predicted molar refractivity (Wildman–Crippen MR) is 73.4 cm³/mol. The lowest BCUT2D eigenvalue weighted by Crippen LogP contribution is -2.46. The Balaban J connectivity index is 1.86. The number of aliphatic imine (C=N–C) groups is 1. The van der Waals surface area contributed by atoms with Crippen molar-refractivity contribution >= 4 is 12.3 Å². The molecule has 0 aliphatic carbocycles. The second kappa shape index (κ2) is 5.12. The number of carbonyl (C=O) groups excluding carboxylic acids is 1. The lowest BCUT2D eigenvalue weighted by molar-refractivity contribution is -0.0553. The molecule has 0 aromatic rings. The van der Waals surface area contributed by atoms with Crippen LogP contribution in [0.25, 0.3) is 0 Å². The fourth-order valence-electron chi connectivity index (χ4n) is 2.61. The molecule has 0 aromatic carbocycles. The van der Waals surface area contributed by atoms with Gasteiger partial charge in [-0.1, -0.05) is 0 Å². The highest BCUT2D eigenvalue weighted by atomic mass is 16.6. The van der Waals surface area contributed by atoms with Crippen molar-refractivity contribution in [2.45, 2.75) is 51.9 Å². The third-order valence-corrected chi connectivity index (χ3v) is 3.70. The van der Waals surface area contributed by atoms with Crippen LogP contribution in [0.15, 0.2) is 4.99 Å². The smallest absolute Gasteiger partial charge is 0.410 e. The van der Waals surface area contributed by atoms with Gasteiger partial charge in [-0.25, -0.2) is 4.79 Å². The molecule has 2 aliphatic rings. The molecule has 1 fully saturated rings. The minimum absolute atomic E-state index is 0.216. The average molecular weight is 268 g/mol. The monoisotopic (exact) mass is 268 g/mol. The quantitative estimate of drug-likeness (QED) is 0.734. The van der Waals surface area contributed by atoms with Gasteiger partial charge in [0.1, 0.15) is 5.60 Å². The first-order chi connectivity index (χ1) is 8.80. The van der Waals surface area contributed by atoms with E-state index in [0.29, 0.717) is 25.6 Å². The van der Waals surface area contributed by atoms with E-state index in [1.54, 1.807) is 4.90 Å². The zero-order valence-corrected chi connectivity index (χ0v) is 12.3. The van der Waals surface area contributed by atoms with E-state index in [1.165, 1.54) is 0 Å². The van der Waals surface area contributed by atoms with E-state index in [4.69, 9.17) is 9.47 Å². The summed E-state index contributed by atoms with van der Waals surface area (Å²) in [5.74, 6) is 0.380. The summed E-state index contributed by atoms with van der Waals surface area (Å²) in [6.45, 7) is 9.73. The van der Waals surface area contributed by atoms with Gasteiger partial charge in [-0.15, -0.1) is 0 Å². The second-order valence-corrected chi connectivity index (χ2v) is 6.42. The summed E-state index contributed by atoms with van der Waals surface area (Å²) in [5.41, 5.74) is -0.821. The van der Waals surface area contributed by atoms with Crippen LogP contribution in [0.2, 0.25) is 0 Å². The number of amides is 1. The molecule has 1 amide bonds. The fraction of sp³-hybridized carbons (Fsp3) is 0.857. The van der Waals surface area contributed by atoms with Gasteiger partial charge in [0.15, 0.2) is 5.72 Å². The number of hydrogen-bond acceptors (Lipinski definition) is 4. The van der Waals surface area contributed by atoms with Crippen molar-refractivity contribution in [3.8, 4) is 0 Å². The summed E-state index contributed by atoms with van der Waals surface area (Å²) >= 11 is 0. The normalized spacial score (nSPS) is 28.7. The number of ether oxygens (including phenoxy) is 2. The molecule has 19 heavy (non-hydrogen) atoms. The predicted octanol–water partition coefficient (Wildman–Crippen LogP) is 2.45. The maximum Gasteiger partial charge on any atom is 0.410 e. The molecule has 0 saturated carbocycles. The molecule has 5 heteroatoms. The second-order valence-electron chi connectivity index (χ2n) is 6.42. The van der Waals surface area contributed by atoms with Gasteiger partial charge >= 0.3 is 6.09 Å². The van der Waals surface area contributed by atoms with Crippen LogP contribution in [0.3, 0.4) is 0 Å². The first kappa shape index (κ1) is 14.3. The molecule has 2 rings (SSSR count). The van der Waals surface area contributed by atoms with Gasteiger partial charge < -0.3 is 14.4 Å². The number of rotatable bonds is 1. The zero-order valence-electron chi connectivity index (χ0n) is 12.3. The van der Waals surface area contributed by atoms with E-state index in [9.17, 15) is 4.79 Å². The van der Waals surface area contributed by atoms with Crippen LogP contribution in [0.1, 0.15) is 40.5 Å². The van der Waals surface area contributed by atoms with Crippen LogP contribution < -0.4 is 0 Å². The van der Waals surface area contributed by atoms with E-state index in [2.05, 4.69) is 4.99 Å². The van der Waals surface area contributed by atoms with Gasteiger partial charge in [-0.2, -0.15) is 0 Å². The van der Waals surface area contributed by atoms with Gasteiger partial charge in [0.05, 0.1) is 6.61 Å². The SMILES string of the molecule is CC(C)(C)OC(=O)N1CCC(C2(C)N=CCO2)CC1. The van der Waals surface area contributed by atoms with E-state index < -0.39 is 5.60 Å². The number of nitrogens with zero attached hydrogens (tertiary/aromatic N) is 2. The lowest BCUT2D eigenvalue weighted by Gasteiger charge is -2.38. The molecule has 1 unspecified atom stereocenters. The maximum absolute atomic E-state index is 12.0. The highest BCUT2D eigenvalue weighted by Crippen LogP contribution is 2.34. The molecule has 0 spiro atoms. The van der Waals surface area contributed by atoms with E-state index >= 15 is 0 Å². The molecule has 5 nitrogen and oxygen atoms in total. The van der Waals surface area contributed by atoms with E-state index in [1.807, 2.05) is 33.9 Å². The van der Waals surface area contributed by atoms with Crippen LogP contribution in [0.5, 0.6) is 0 Å². The molecule has 0 aromatic heterocycles. The summed E-state index contributed by atoms with van der Waals surface area (Å²) in [7, 11) is 0. The minimum Gasteiger partial charge on any atom is -0.444 e. The van der Waals surface area contributed by atoms with Crippen molar-refractivity contribution < 1.29 is 14.3 Å². The Morgan fingerprint density at radius 3 is 2.53 bits per heavy atom. The van der Waals surface area contributed by atoms with Crippen molar-refractivity contribution in [2.75, 3.05) is 19.7 Å². The Hall–Kier alpha value is -1.10. The molecule has 2 heterocycles. The molecule has 0 radical (unpaired) electrons. The van der Waals surface area contributed by atoms with Crippen molar-refractivity contribution in [3.63, 3.8) is 0 Å². The summed E-state index contributed by atoms with van der Waals surface area (Å²) < 4.78 is 11.1. The summed E-state index contributed by atoms with van der Waals surface area (Å²) in [6, 6.07) is 0. The third-order valence-electron chi connectivity index (χ3n) is 3.70. The van der Waals surface area contributed by atoms with Crippen molar-refractivity contribution in [3.05, 3.63) is 0 Å². The number of carbonyl (C=O) groups is 1. The van der Waals surface area contributed by atoms with Gasteiger partial charge in [-0.3, -0.25) is 4.99 Å². The van der Waals surface area contributed by atoms with Crippen molar-refractivity contribution in [1.29, 1.82) is 0 Å². The molecule has 108 valence electrons. The topological polar surface area (TPSA) is 51.1 Å². The van der Waals surface area contributed by atoms with E-state index in [0.717, 1.165) is 12.8 Å². The Kier molecular flexibility index (Phi) is 3.85. The Bertz CT molecular complexity index is 367. The number of likely N-dealkylation sites (tertiary alicyclic amines) is 1. The number of hydrogen-bond donors (Lipinski definition) is 0. The molecule has 2 aliphatic heterocycles. The third kappa shape index (κ3) is 3.47. The van der Waals surface area contributed by atoms with Crippen LogP contribution in [-0.2, 0) is 9.47 Å². The van der Waals surface area contributed by atoms with Crippen LogP contribution in [0.4, 0.5) is 4.79 Å². The zero-order chi connectivity index (χ0) is 14.1. The Labute approximate surface area is 115 Å². The molecule has 0 bridgehead atoms. The largest absolute Gasteiger partial charge is 0.444 e. The molecule has 1 saturated heterocycles. The lowest BCUT2D eigenvalue weighted by atomic mass is 9.88. The summed E-state index contributed by atoms with van der Waals surface area (Å²) in [4.78, 5) is 18.2. The summed E-state index contributed by atoms with van der Waals surface area (Å²) in [5, 5.41) is 0. The van der Waals surface area contributed by atoms with Crippen LogP contribution in [-0.4, -0.2) is 48.2 Å². The van der Waals surface area contributed by atoms with Crippen molar-refractivity contribution in [1.82, 2.24) is 4.90 Å². The first-order valence-corrected chi connectivity index (χ1v) is 6.96. The highest BCUT2D eigenvalue weighted by molar-refractivity contribution is 5.68. The van der Waals surface area contributed by atoms with Crippen molar-refractivity contribution in [2.24, 2.45) is 10.9 Å². The van der Waals surface area contributed by atoms with E-state index in [-0.39, 0.29) is 11.8 Å². The first-order valence-electron chi connectivity index (χ1n) is 6.96. The molecule has 0 N–H and O–H groups in total. The standard InChI is InChI=1S/C14H24N2O3/c1-13(2,3)19-12(17)16-8-5-11(6-9-16)14(4)15-7-10-18-14/h7,11H,5-6,8-10H2,1-4H3. The number of piperidine rings is 1. The van der Waals surface area contributed by atoms with Crippen LogP contribution in [0, 0.1) is 5.92 Å². The van der Waals surface area contributed by atoms with Gasteiger partial charge in [0.25, 0.3) is 0 Å². The summed E-state index contributed by atoms with van der Waals surface area (Å²) in [6.07, 6.45) is 3.44. The molecular weight excluding hydrogens is 244 g/mol. The average Bonchev–Trinajstić information content (AvgIpc) is 2.75. The Morgan fingerprint density at radius 2 is 2.05 bits per heavy atom. The maximum atomic E-state index is 12.0. The van der Waals surface area contributed by atoms with Gasteiger partial charge in [0.2, 0.25) is 0 Å². The fourth-order valence-corrected chi connectivity index (χ4v) is 2.61. The van der Waals surface area contributed by atoms with Gasteiger partial charge in [0, 0.05) is 25.2 Å². The Morgan fingerprint density at radius 1 is 1.42 bits per heavy atom. The minimum atomic E-state index is -0.432. The molecule has 1 atom stereocenters. The van der Waals surface area contributed by atoms with Gasteiger partial charge in [-0.05, 0) is 40.5 Å². The van der Waals surface area contributed by atoms with Crippen LogP contribution >= 0.6 is 0 Å².